The van der Waals surface area contributed by atoms with Gasteiger partial charge in [0.2, 0.25) is 9.84 Å². The Labute approximate surface area is 189 Å². The molecule has 0 aliphatic carbocycles. The first-order chi connectivity index (χ1) is 14.3. The van der Waals surface area contributed by atoms with Crippen molar-refractivity contribution in [1.29, 1.82) is 5.26 Å². The lowest BCUT2D eigenvalue weighted by Gasteiger charge is -2.08. The van der Waals surface area contributed by atoms with Crippen LogP contribution in [0.1, 0.15) is 11.1 Å². The van der Waals surface area contributed by atoms with E-state index in [0.29, 0.717) is 26.4 Å². The Morgan fingerprint density at radius 2 is 1.70 bits per heavy atom. The summed E-state index contributed by atoms with van der Waals surface area (Å²) in [4.78, 5) is -0.391. The van der Waals surface area contributed by atoms with E-state index in [2.05, 4.69) is 0 Å². The molecule has 0 saturated carbocycles. The Bertz CT molecular complexity index is 1250. The minimum Gasteiger partial charge on any atom is -0.489 e. The van der Waals surface area contributed by atoms with Gasteiger partial charge in [-0.3, -0.25) is 0 Å². The highest BCUT2D eigenvalue weighted by atomic mass is 35.5. The molecule has 0 N–H and O–H groups in total. The van der Waals surface area contributed by atoms with Crippen molar-refractivity contribution in [3.63, 3.8) is 0 Å². The molecule has 3 aromatic rings. The van der Waals surface area contributed by atoms with E-state index in [1.807, 2.05) is 0 Å². The molecule has 4 nitrogen and oxygen atoms in total. The molecule has 30 heavy (non-hydrogen) atoms. The van der Waals surface area contributed by atoms with Gasteiger partial charge in [0, 0.05) is 5.02 Å². The molecule has 0 saturated heterocycles. The van der Waals surface area contributed by atoms with E-state index in [-0.39, 0.29) is 16.4 Å². The van der Waals surface area contributed by atoms with Crippen LogP contribution in [-0.4, -0.2) is 8.42 Å². The van der Waals surface area contributed by atoms with Gasteiger partial charge in [-0.05, 0) is 65.7 Å². The summed E-state index contributed by atoms with van der Waals surface area (Å²) >= 11 is 17.7. The molecule has 0 fully saturated rings. The van der Waals surface area contributed by atoms with Crippen molar-refractivity contribution in [2.24, 2.45) is 0 Å². The molecule has 0 spiro atoms. The standard InChI is InChI=1S/C22H14Cl3NO3S/c23-17-5-7-19(8-6-17)30(27,28)20(13-26)11-15-2-1-3-18(10-15)29-14-16-4-9-21(24)22(25)12-16/h1-12H,14H2. The third kappa shape index (κ3) is 5.35. The third-order valence-corrected chi connectivity index (χ3v) is 6.74. The van der Waals surface area contributed by atoms with Crippen LogP contribution < -0.4 is 4.74 Å². The monoisotopic (exact) mass is 477 g/mol. The summed E-state index contributed by atoms with van der Waals surface area (Å²) in [5, 5.41) is 10.7. The average molecular weight is 479 g/mol. The van der Waals surface area contributed by atoms with Crippen LogP contribution in [0.2, 0.25) is 15.1 Å². The highest BCUT2D eigenvalue weighted by molar-refractivity contribution is 7.95. The zero-order chi connectivity index (χ0) is 21.7. The number of ether oxygens (including phenoxy) is 1. The topological polar surface area (TPSA) is 67.2 Å². The number of nitriles is 1. The summed E-state index contributed by atoms with van der Waals surface area (Å²) in [5.41, 5.74) is 1.34. The van der Waals surface area contributed by atoms with Gasteiger partial charge in [0.1, 0.15) is 23.3 Å². The SMILES string of the molecule is N#CC(=Cc1cccc(OCc2ccc(Cl)c(Cl)c2)c1)S(=O)(=O)c1ccc(Cl)cc1. The summed E-state index contributed by atoms with van der Waals surface area (Å²) in [7, 11) is -3.97. The third-order valence-electron chi connectivity index (χ3n) is 4.07. The lowest BCUT2D eigenvalue weighted by molar-refractivity contribution is 0.306. The maximum Gasteiger partial charge on any atom is 0.216 e. The highest BCUT2D eigenvalue weighted by Crippen LogP contribution is 2.26. The number of rotatable bonds is 6. The summed E-state index contributed by atoms with van der Waals surface area (Å²) in [6.45, 7) is 0.248. The summed E-state index contributed by atoms with van der Waals surface area (Å²) in [6.07, 6.45) is 1.30. The Hall–Kier alpha value is -2.49. The number of halogens is 3. The van der Waals surface area contributed by atoms with Crippen molar-refractivity contribution in [1.82, 2.24) is 0 Å². The van der Waals surface area contributed by atoms with Crippen LogP contribution in [-0.2, 0) is 16.4 Å². The van der Waals surface area contributed by atoms with Gasteiger partial charge in [-0.25, -0.2) is 8.42 Å². The molecule has 152 valence electrons. The fraction of sp³-hybridized carbons (Fsp3) is 0.0455. The summed E-state index contributed by atoms with van der Waals surface area (Å²) in [5.74, 6) is 0.510. The molecular formula is C22H14Cl3NO3S. The van der Waals surface area contributed by atoms with Crippen molar-refractivity contribution < 1.29 is 13.2 Å². The predicted octanol–water partition coefficient (Wildman–Crippen LogP) is 6.56. The second-order valence-electron chi connectivity index (χ2n) is 6.19. The second-order valence-corrected chi connectivity index (χ2v) is 9.36. The molecule has 0 radical (unpaired) electrons. The van der Waals surface area contributed by atoms with E-state index in [1.165, 1.54) is 30.3 Å². The average Bonchev–Trinajstić information content (AvgIpc) is 2.73. The number of benzene rings is 3. The molecule has 0 atom stereocenters. The first-order valence-corrected chi connectivity index (χ1v) is 11.2. The van der Waals surface area contributed by atoms with Gasteiger partial charge >= 0.3 is 0 Å². The van der Waals surface area contributed by atoms with Gasteiger partial charge in [0.15, 0.2) is 0 Å². The van der Waals surface area contributed by atoms with Crippen LogP contribution in [0.15, 0.2) is 76.5 Å². The van der Waals surface area contributed by atoms with Gasteiger partial charge < -0.3 is 4.74 Å². The van der Waals surface area contributed by atoms with Crippen LogP contribution in [0.4, 0.5) is 0 Å². The molecule has 0 heterocycles. The van der Waals surface area contributed by atoms with E-state index in [4.69, 9.17) is 39.5 Å². The van der Waals surface area contributed by atoms with Crippen LogP contribution in [0, 0.1) is 11.3 Å². The highest BCUT2D eigenvalue weighted by Gasteiger charge is 2.20. The minimum atomic E-state index is -3.97. The maximum atomic E-state index is 12.7. The quantitative estimate of drug-likeness (QED) is 0.376. The molecule has 0 aliphatic heterocycles. The van der Waals surface area contributed by atoms with Gasteiger partial charge in [-0.2, -0.15) is 5.26 Å². The number of nitrogens with zero attached hydrogens (tertiary/aromatic N) is 1. The van der Waals surface area contributed by atoms with E-state index in [0.717, 1.165) is 5.56 Å². The number of sulfone groups is 1. The lowest BCUT2D eigenvalue weighted by Crippen LogP contribution is -2.03. The Morgan fingerprint density at radius 3 is 2.37 bits per heavy atom. The summed E-state index contributed by atoms with van der Waals surface area (Å²) in [6, 6.07) is 19.4. The van der Waals surface area contributed by atoms with Crippen LogP contribution in [0.5, 0.6) is 5.75 Å². The molecular weight excluding hydrogens is 465 g/mol. The zero-order valence-electron chi connectivity index (χ0n) is 15.3. The van der Waals surface area contributed by atoms with Gasteiger partial charge in [-0.15, -0.1) is 0 Å². The van der Waals surface area contributed by atoms with E-state index in [9.17, 15) is 13.7 Å². The van der Waals surface area contributed by atoms with Crippen LogP contribution >= 0.6 is 34.8 Å². The Morgan fingerprint density at radius 1 is 0.967 bits per heavy atom. The van der Waals surface area contributed by atoms with Crippen molar-refractivity contribution in [2.75, 3.05) is 0 Å². The van der Waals surface area contributed by atoms with E-state index < -0.39 is 9.84 Å². The van der Waals surface area contributed by atoms with Crippen molar-refractivity contribution in [3.05, 3.63) is 97.8 Å². The van der Waals surface area contributed by atoms with Gasteiger partial charge in [0.25, 0.3) is 0 Å². The lowest BCUT2D eigenvalue weighted by atomic mass is 10.2. The van der Waals surface area contributed by atoms with Crippen LogP contribution in [0.3, 0.4) is 0 Å². The minimum absolute atomic E-state index is 0.00767. The smallest absolute Gasteiger partial charge is 0.216 e. The zero-order valence-corrected chi connectivity index (χ0v) is 18.4. The molecule has 3 aromatic carbocycles. The molecule has 0 aromatic heterocycles. The molecule has 0 bridgehead atoms. The largest absolute Gasteiger partial charge is 0.489 e. The number of allylic oxidation sites excluding steroid dienone is 1. The fourth-order valence-electron chi connectivity index (χ4n) is 2.55. The van der Waals surface area contributed by atoms with Crippen molar-refractivity contribution in [3.8, 4) is 11.8 Å². The second kappa shape index (κ2) is 9.55. The molecule has 0 amide bonds. The molecule has 8 heteroatoms. The first kappa shape index (κ1) is 22.2. The fourth-order valence-corrected chi connectivity index (χ4v) is 4.16. The number of hydrogen-bond acceptors (Lipinski definition) is 4. The summed E-state index contributed by atoms with van der Waals surface area (Å²) < 4.78 is 31.2. The maximum absolute atomic E-state index is 12.7. The Balaban J connectivity index is 1.83. The van der Waals surface area contributed by atoms with Crippen molar-refractivity contribution >= 4 is 50.7 Å². The number of hydrogen-bond donors (Lipinski definition) is 0. The molecule has 0 unspecified atom stereocenters. The normalized spacial score (nSPS) is 11.7. The van der Waals surface area contributed by atoms with Gasteiger partial charge in [0.05, 0.1) is 14.9 Å². The predicted molar refractivity (Wildman–Crippen MR) is 119 cm³/mol. The Kier molecular flexibility index (Phi) is 7.06. The van der Waals surface area contributed by atoms with Gasteiger partial charge in [-0.1, -0.05) is 53.0 Å². The first-order valence-electron chi connectivity index (χ1n) is 8.59. The molecule has 0 aliphatic rings. The van der Waals surface area contributed by atoms with E-state index in [1.54, 1.807) is 48.5 Å². The molecule has 3 rings (SSSR count). The van der Waals surface area contributed by atoms with Crippen LogP contribution in [0.25, 0.3) is 6.08 Å². The van der Waals surface area contributed by atoms with Crippen molar-refractivity contribution in [2.45, 2.75) is 11.5 Å². The van der Waals surface area contributed by atoms with E-state index >= 15 is 0 Å².